The first kappa shape index (κ1) is 15.1. The lowest BCUT2D eigenvalue weighted by Gasteiger charge is -2.13. The molecule has 2 heterocycles. The number of benzene rings is 1. The third kappa shape index (κ3) is 2.43. The largest absolute Gasteiger partial charge is 0.439 e. The smallest absolute Gasteiger partial charge is 0.350 e. The Labute approximate surface area is 142 Å². The maximum absolute atomic E-state index is 12.2. The highest BCUT2D eigenvalue weighted by Gasteiger charge is 2.36. The van der Waals surface area contributed by atoms with Gasteiger partial charge < -0.3 is 4.74 Å². The second kappa shape index (κ2) is 5.87. The highest BCUT2D eigenvalue weighted by Crippen LogP contribution is 2.30. The summed E-state index contributed by atoms with van der Waals surface area (Å²) in [4.78, 5) is 39.5. The summed E-state index contributed by atoms with van der Waals surface area (Å²) in [6, 6.07) is 8.49. The molecule has 122 valence electrons. The van der Waals surface area contributed by atoms with Crippen molar-refractivity contribution < 1.29 is 19.1 Å². The Kier molecular flexibility index (Phi) is 3.69. The molecule has 0 bridgehead atoms. The number of esters is 1. The third-order valence-corrected chi connectivity index (χ3v) is 5.62. The van der Waals surface area contributed by atoms with Crippen LogP contribution < -0.4 is 0 Å². The monoisotopic (exact) mass is 341 g/mol. The Morgan fingerprint density at radius 1 is 1.08 bits per heavy atom. The summed E-state index contributed by atoms with van der Waals surface area (Å²) in [5.74, 6) is -1.33. The predicted octanol–water partition coefficient (Wildman–Crippen LogP) is 3.04. The summed E-state index contributed by atoms with van der Waals surface area (Å²) in [6.07, 6.45) is 4.30. The zero-order valence-electron chi connectivity index (χ0n) is 12.9. The summed E-state index contributed by atoms with van der Waals surface area (Å²) >= 11 is 1.45. The molecular formula is C18H15NO4S. The van der Waals surface area contributed by atoms with Crippen LogP contribution in [-0.4, -0.2) is 29.4 Å². The number of fused-ring (bicyclic) bond motifs is 2. The van der Waals surface area contributed by atoms with Crippen LogP contribution in [0.4, 0.5) is 0 Å². The van der Waals surface area contributed by atoms with Crippen LogP contribution in [0, 0.1) is 0 Å². The van der Waals surface area contributed by atoms with Gasteiger partial charge in [0.15, 0.2) is 6.73 Å². The van der Waals surface area contributed by atoms with Crippen molar-refractivity contribution in [1.82, 2.24) is 4.90 Å². The first-order valence-corrected chi connectivity index (χ1v) is 8.71. The second-order valence-electron chi connectivity index (χ2n) is 5.91. The zero-order valence-corrected chi connectivity index (χ0v) is 13.7. The molecule has 1 aliphatic heterocycles. The fourth-order valence-corrected chi connectivity index (χ4v) is 4.29. The Morgan fingerprint density at radius 2 is 1.75 bits per heavy atom. The molecule has 6 heteroatoms. The van der Waals surface area contributed by atoms with Gasteiger partial charge in [-0.3, -0.25) is 9.59 Å². The quantitative estimate of drug-likeness (QED) is 0.636. The normalized spacial score (nSPS) is 16.1. The van der Waals surface area contributed by atoms with Gasteiger partial charge in [0, 0.05) is 4.88 Å². The number of ether oxygens (including phenoxy) is 1. The van der Waals surface area contributed by atoms with E-state index in [4.69, 9.17) is 4.74 Å². The third-order valence-electron chi connectivity index (χ3n) is 4.40. The number of hydrogen-bond acceptors (Lipinski definition) is 5. The van der Waals surface area contributed by atoms with Crippen LogP contribution in [0.5, 0.6) is 0 Å². The minimum atomic E-state index is -0.481. The van der Waals surface area contributed by atoms with Gasteiger partial charge in [0.05, 0.1) is 11.1 Å². The van der Waals surface area contributed by atoms with Crippen LogP contribution in [0.1, 0.15) is 53.7 Å². The van der Waals surface area contributed by atoms with E-state index in [1.165, 1.54) is 21.8 Å². The summed E-state index contributed by atoms with van der Waals surface area (Å²) in [7, 11) is 0. The molecule has 2 aliphatic rings. The van der Waals surface area contributed by atoms with Crippen LogP contribution in [0.25, 0.3) is 0 Å². The minimum absolute atomic E-state index is 0.352. The molecule has 1 aromatic carbocycles. The van der Waals surface area contributed by atoms with E-state index in [1.807, 2.05) is 6.07 Å². The molecule has 0 spiro atoms. The lowest BCUT2D eigenvalue weighted by molar-refractivity contribution is 0.0232. The van der Waals surface area contributed by atoms with Crippen molar-refractivity contribution >= 4 is 29.1 Å². The number of carbonyl (C=O) groups excluding carboxylic acids is 3. The number of hydrogen-bond donors (Lipinski definition) is 0. The number of rotatable bonds is 3. The Bertz CT molecular complexity index is 796. The van der Waals surface area contributed by atoms with Crippen molar-refractivity contribution in [2.45, 2.75) is 25.7 Å². The van der Waals surface area contributed by atoms with Crippen LogP contribution in [0.3, 0.4) is 0 Å². The van der Waals surface area contributed by atoms with Gasteiger partial charge in [-0.1, -0.05) is 12.1 Å². The molecule has 0 radical (unpaired) electrons. The SMILES string of the molecule is O=C(OCN1C(=O)c2ccccc2C1=O)c1cc2c(s1)CCCC2. The van der Waals surface area contributed by atoms with Gasteiger partial charge in [-0.2, -0.15) is 0 Å². The Balaban J connectivity index is 1.46. The van der Waals surface area contributed by atoms with Gasteiger partial charge in [0.2, 0.25) is 0 Å². The number of imide groups is 1. The van der Waals surface area contributed by atoms with Crippen molar-refractivity contribution in [3.63, 3.8) is 0 Å². The van der Waals surface area contributed by atoms with Gasteiger partial charge in [-0.15, -0.1) is 11.3 Å². The fraction of sp³-hybridized carbons (Fsp3) is 0.278. The molecule has 0 unspecified atom stereocenters. The van der Waals surface area contributed by atoms with Crippen LogP contribution in [-0.2, 0) is 17.6 Å². The first-order valence-electron chi connectivity index (χ1n) is 7.89. The molecule has 0 atom stereocenters. The van der Waals surface area contributed by atoms with Gasteiger partial charge in [0.25, 0.3) is 11.8 Å². The van der Waals surface area contributed by atoms with E-state index in [0.29, 0.717) is 16.0 Å². The molecule has 1 aromatic heterocycles. The maximum atomic E-state index is 12.2. The van der Waals surface area contributed by atoms with Gasteiger partial charge >= 0.3 is 5.97 Å². The highest BCUT2D eigenvalue weighted by atomic mass is 32.1. The lowest BCUT2D eigenvalue weighted by Crippen LogP contribution is -2.33. The minimum Gasteiger partial charge on any atom is -0.439 e. The summed E-state index contributed by atoms with van der Waals surface area (Å²) < 4.78 is 5.22. The van der Waals surface area contributed by atoms with Gasteiger partial charge in [0.1, 0.15) is 4.88 Å². The van der Waals surface area contributed by atoms with Crippen molar-refractivity contribution in [2.24, 2.45) is 0 Å². The summed E-state index contributed by atoms with van der Waals surface area (Å²) in [5, 5.41) is 0. The number of carbonyl (C=O) groups is 3. The van der Waals surface area contributed by atoms with E-state index in [-0.39, 0.29) is 6.73 Å². The summed E-state index contributed by atoms with van der Waals surface area (Å²) in [5.41, 5.74) is 1.93. The van der Waals surface area contributed by atoms with E-state index in [2.05, 4.69) is 0 Å². The molecule has 0 fully saturated rings. The molecular weight excluding hydrogens is 326 g/mol. The van der Waals surface area contributed by atoms with E-state index in [1.54, 1.807) is 24.3 Å². The zero-order chi connectivity index (χ0) is 16.7. The Morgan fingerprint density at radius 3 is 2.42 bits per heavy atom. The molecule has 2 aromatic rings. The Hall–Kier alpha value is -2.47. The molecule has 24 heavy (non-hydrogen) atoms. The van der Waals surface area contributed by atoms with Gasteiger partial charge in [-0.25, -0.2) is 9.69 Å². The standard InChI is InChI=1S/C18H15NO4S/c20-16-12-6-2-3-7-13(12)17(21)19(16)10-23-18(22)15-9-11-5-1-4-8-14(11)24-15/h2-3,6-7,9H,1,4-5,8,10H2. The first-order chi connectivity index (χ1) is 11.6. The predicted molar refractivity (Wildman–Crippen MR) is 88.2 cm³/mol. The van der Waals surface area contributed by atoms with E-state index < -0.39 is 17.8 Å². The van der Waals surface area contributed by atoms with Crippen molar-refractivity contribution in [3.8, 4) is 0 Å². The molecule has 0 saturated heterocycles. The topological polar surface area (TPSA) is 63.7 Å². The maximum Gasteiger partial charge on any atom is 0.350 e. The number of amides is 2. The molecule has 0 N–H and O–H groups in total. The fourth-order valence-electron chi connectivity index (χ4n) is 3.14. The highest BCUT2D eigenvalue weighted by molar-refractivity contribution is 7.14. The molecule has 1 aliphatic carbocycles. The molecule has 2 amide bonds. The number of aryl methyl sites for hydroxylation is 2. The summed E-state index contributed by atoms with van der Waals surface area (Å²) in [6.45, 7) is -0.353. The van der Waals surface area contributed by atoms with Crippen molar-refractivity contribution in [1.29, 1.82) is 0 Å². The van der Waals surface area contributed by atoms with E-state index >= 15 is 0 Å². The second-order valence-corrected chi connectivity index (χ2v) is 7.05. The van der Waals surface area contributed by atoms with Crippen molar-refractivity contribution in [2.75, 3.05) is 6.73 Å². The number of nitrogens with zero attached hydrogens (tertiary/aromatic N) is 1. The average molecular weight is 341 g/mol. The van der Waals surface area contributed by atoms with Crippen LogP contribution in [0.15, 0.2) is 30.3 Å². The van der Waals surface area contributed by atoms with Crippen LogP contribution in [0.2, 0.25) is 0 Å². The van der Waals surface area contributed by atoms with Crippen molar-refractivity contribution in [3.05, 3.63) is 56.8 Å². The lowest BCUT2D eigenvalue weighted by atomic mass is 9.99. The molecule has 0 saturated carbocycles. The number of thiophene rings is 1. The van der Waals surface area contributed by atoms with Gasteiger partial charge in [-0.05, 0) is 49.4 Å². The molecule has 4 rings (SSSR count). The van der Waals surface area contributed by atoms with E-state index in [0.717, 1.165) is 30.6 Å². The molecule has 5 nitrogen and oxygen atoms in total. The average Bonchev–Trinajstić information content (AvgIpc) is 3.14. The van der Waals surface area contributed by atoms with E-state index in [9.17, 15) is 14.4 Å². The van der Waals surface area contributed by atoms with Crippen LogP contribution >= 0.6 is 11.3 Å².